The molecule has 1 aliphatic heterocycles. The molecule has 4 nitrogen and oxygen atoms in total. The molecule has 0 aromatic heterocycles. The first-order chi connectivity index (χ1) is 6.50. The Balaban J connectivity index is 2.52. The number of guanidine groups is 1. The molecule has 1 rings (SSSR count). The number of nitrogens with zero attached hydrogens (tertiary/aromatic N) is 3. The first kappa shape index (κ1) is 11.3. The summed E-state index contributed by atoms with van der Waals surface area (Å²) in [6.07, 6.45) is 1.18. The van der Waals surface area contributed by atoms with Gasteiger partial charge in [-0.3, -0.25) is 4.99 Å². The van der Waals surface area contributed by atoms with Crippen LogP contribution in [0.4, 0.5) is 0 Å². The van der Waals surface area contributed by atoms with Gasteiger partial charge in [-0.25, -0.2) is 0 Å². The molecule has 0 aromatic carbocycles. The molecule has 0 spiro atoms. The van der Waals surface area contributed by atoms with Crippen molar-refractivity contribution in [2.45, 2.75) is 32.4 Å². The number of likely N-dealkylation sites (tertiary alicyclic amines) is 1. The van der Waals surface area contributed by atoms with E-state index in [0.717, 1.165) is 13.1 Å². The van der Waals surface area contributed by atoms with Crippen molar-refractivity contribution in [2.75, 3.05) is 27.2 Å². The Morgan fingerprint density at radius 1 is 1.57 bits per heavy atom. The highest BCUT2D eigenvalue weighted by atomic mass is 15.3. The molecule has 0 saturated carbocycles. The summed E-state index contributed by atoms with van der Waals surface area (Å²) in [4.78, 5) is 8.77. The van der Waals surface area contributed by atoms with Crippen molar-refractivity contribution in [1.82, 2.24) is 9.80 Å². The van der Waals surface area contributed by atoms with Crippen LogP contribution < -0.4 is 5.73 Å². The second-order valence-electron chi connectivity index (χ2n) is 4.40. The van der Waals surface area contributed by atoms with Crippen molar-refractivity contribution in [3.05, 3.63) is 0 Å². The van der Waals surface area contributed by atoms with Crippen LogP contribution in [0, 0.1) is 0 Å². The fourth-order valence-corrected chi connectivity index (χ4v) is 1.77. The summed E-state index contributed by atoms with van der Waals surface area (Å²) >= 11 is 0. The minimum Gasteiger partial charge on any atom is -0.370 e. The largest absolute Gasteiger partial charge is 0.370 e. The van der Waals surface area contributed by atoms with E-state index in [1.807, 2.05) is 20.9 Å². The Kier molecular flexibility index (Phi) is 3.75. The van der Waals surface area contributed by atoms with Crippen molar-refractivity contribution >= 4 is 5.96 Å². The average molecular weight is 198 g/mol. The molecule has 4 heteroatoms. The van der Waals surface area contributed by atoms with Gasteiger partial charge in [-0.15, -0.1) is 0 Å². The lowest BCUT2D eigenvalue weighted by atomic mass is 10.2. The molecule has 2 N–H and O–H groups in total. The minimum atomic E-state index is 0.275. The maximum Gasteiger partial charge on any atom is 0.191 e. The van der Waals surface area contributed by atoms with Gasteiger partial charge in [-0.05, 0) is 33.9 Å². The van der Waals surface area contributed by atoms with Crippen LogP contribution >= 0.6 is 0 Å². The van der Waals surface area contributed by atoms with Gasteiger partial charge in [0.15, 0.2) is 5.96 Å². The predicted octanol–water partition coefficient (Wildman–Crippen LogP) is 0.345. The van der Waals surface area contributed by atoms with Gasteiger partial charge >= 0.3 is 0 Å². The highest BCUT2D eigenvalue weighted by Gasteiger charge is 2.24. The zero-order valence-electron chi connectivity index (χ0n) is 9.70. The second kappa shape index (κ2) is 4.64. The molecule has 1 heterocycles. The summed E-state index contributed by atoms with van der Waals surface area (Å²) in [5.41, 5.74) is 5.90. The van der Waals surface area contributed by atoms with Crippen molar-refractivity contribution in [1.29, 1.82) is 0 Å². The van der Waals surface area contributed by atoms with Crippen LogP contribution in [0.2, 0.25) is 0 Å². The van der Waals surface area contributed by atoms with Crippen LogP contribution in [-0.4, -0.2) is 55.0 Å². The summed E-state index contributed by atoms with van der Waals surface area (Å²) in [7, 11) is 4.18. The Morgan fingerprint density at radius 3 is 2.64 bits per heavy atom. The van der Waals surface area contributed by atoms with Gasteiger partial charge in [0.25, 0.3) is 0 Å². The van der Waals surface area contributed by atoms with Crippen molar-refractivity contribution < 1.29 is 0 Å². The smallest absolute Gasteiger partial charge is 0.191 e. The van der Waals surface area contributed by atoms with Gasteiger partial charge in [0, 0.05) is 25.7 Å². The molecule has 0 aliphatic carbocycles. The SMILES string of the molecule is CC(C)N=C(N)N(C)C1CCN(C)C1. The van der Waals surface area contributed by atoms with Gasteiger partial charge in [-0.1, -0.05) is 0 Å². The number of aliphatic imine (C=N–C) groups is 1. The van der Waals surface area contributed by atoms with Crippen LogP contribution in [0.25, 0.3) is 0 Å². The summed E-state index contributed by atoms with van der Waals surface area (Å²) < 4.78 is 0. The van der Waals surface area contributed by atoms with E-state index in [1.165, 1.54) is 6.42 Å². The monoisotopic (exact) mass is 198 g/mol. The molecule has 1 saturated heterocycles. The molecule has 1 fully saturated rings. The van der Waals surface area contributed by atoms with E-state index in [4.69, 9.17) is 5.73 Å². The normalized spacial score (nSPS) is 24.6. The summed E-state index contributed by atoms with van der Waals surface area (Å²) in [6.45, 7) is 6.33. The zero-order valence-corrected chi connectivity index (χ0v) is 9.70. The Labute approximate surface area is 86.8 Å². The van der Waals surface area contributed by atoms with Crippen molar-refractivity contribution in [2.24, 2.45) is 10.7 Å². The van der Waals surface area contributed by atoms with Gasteiger partial charge in [0.1, 0.15) is 0 Å². The Morgan fingerprint density at radius 2 is 2.21 bits per heavy atom. The maximum atomic E-state index is 5.90. The lowest BCUT2D eigenvalue weighted by Crippen LogP contribution is -2.43. The van der Waals surface area contributed by atoms with Crippen LogP contribution in [0.3, 0.4) is 0 Å². The van der Waals surface area contributed by atoms with E-state index in [2.05, 4.69) is 21.8 Å². The van der Waals surface area contributed by atoms with Crippen LogP contribution in [-0.2, 0) is 0 Å². The van der Waals surface area contributed by atoms with E-state index >= 15 is 0 Å². The fourth-order valence-electron chi connectivity index (χ4n) is 1.77. The van der Waals surface area contributed by atoms with Gasteiger partial charge in [-0.2, -0.15) is 0 Å². The van der Waals surface area contributed by atoms with Crippen LogP contribution in [0.15, 0.2) is 4.99 Å². The van der Waals surface area contributed by atoms with Gasteiger partial charge in [0.2, 0.25) is 0 Å². The standard InChI is InChI=1S/C10H22N4/c1-8(2)12-10(11)14(4)9-5-6-13(3)7-9/h8-9H,5-7H2,1-4H3,(H2,11,12). The van der Waals surface area contributed by atoms with Crippen molar-refractivity contribution in [3.8, 4) is 0 Å². The highest BCUT2D eigenvalue weighted by molar-refractivity contribution is 5.78. The molecule has 1 aliphatic rings. The fraction of sp³-hybridized carbons (Fsp3) is 0.900. The van der Waals surface area contributed by atoms with E-state index < -0.39 is 0 Å². The molecule has 14 heavy (non-hydrogen) atoms. The third kappa shape index (κ3) is 2.87. The molecule has 1 unspecified atom stereocenters. The molecule has 0 aromatic rings. The summed E-state index contributed by atoms with van der Waals surface area (Å²) in [5.74, 6) is 0.667. The molecule has 0 amide bonds. The molecular formula is C10H22N4. The quantitative estimate of drug-likeness (QED) is 0.514. The third-order valence-corrected chi connectivity index (χ3v) is 2.67. The molecule has 0 bridgehead atoms. The first-order valence-corrected chi connectivity index (χ1v) is 5.25. The average Bonchev–Trinajstić information content (AvgIpc) is 2.49. The molecule has 1 atom stereocenters. The second-order valence-corrected chi connectivity index (χ2v) is 4.40. The van der Waals surface area contributed by atoms with E-state index in [1.54, 1.807) is 0 Å². The van der Waals surface area contributed by atoms with Crippen molar-refractivity contribution in [3.63, 3.8) is 0 Å². The van der Waals surface area contributed by atoms with E-state index in [0.29, 0.717) is 12.0 Å². The summed E-state index contributed by atoms with van der Waals surface area (Å²) in [6, 6.07) is 0.805. The minimum absolute atomic E-state index is 0.275. The molecular weight excluding hydrogens is 176 g/mol. The Bertz CT molecular complexity index is 212. The summed E-state index contributed by atoms with van der Waals surface area (Å²) in [5, 5.41) is 0. The first-order valence-electron chi connectivity index (χ1n) is 5.25. The highest BCUT2D eigenvalue weighted by Crippen LogP contribution is 2.12. The lowest BCUT2D eigenvalue weighted by Gasteiger charge is -2.25. The van der Waals surface area contributed by atoms with Gasteiger partial charge < -0.3 is 15.5 Å². The zero-order chi connectivity index (χ0) is 10.7. The number of hydrogen-bond donors (Lipinski definition) is 1. The third-order valence-electron chi connectivity index (χ3n) is 2.67. The van der Waals surface area contributed by atoms with E-state index in [-0.39, 0.29) is 6.04 Å². The number of likely N-dealkylation sites (N-methyl/N-ethyl adjacent to an activating group) is 2. The van der Waals surface area contributed by atoms with Gasteiger partial charge in [0.05, 0.1) is 0 Å². The Hall–Kier alpha value is -0.770. The predicted molar refractivity (Wildman–Crippen MR) is 60.4 cm³/mol. The van der Waals surface area contributed by atoms with Crippen LogP contribution in [0.5, 0.6) is 0 Å². The molecule has 82 valence electrons. The van der Waals surface area contributed by atoms with E-state index in [9.17, 15) is 0 Å². The topological polar surface area (TPSA) is 44.9 Å². The lowest BCUT2D eigenvalue weighted by molar-refractivity contribution is 0.339. The number of nitrogens with two attached hydrogens (primary N) is 1. The van der Waals surface area contributed by atoms with Crippen LogP contribution in [0.1, 0.15) is 20.3 Å². The number of rotatable bonds is 2. The number of hydrogen-bond acceptors (Lipinski definition) is 2. The molecule has 0 radical (unpaired) electrons. The maximum absolute atomic E-state index is 5.90.